The van der Waals surface area contributed by atoms with Crippen LogP contribution >= 0.6 is 11.8 Å². The number of benzene rings is 1. The molecule has 0 aliphatic heterocycles. The number of thioether (sulfide) groups is 1. The number of hydrogen-bond donors (Lipinski definition) is 2. The van der Waals surface area contributed by atoms with Gasteiger partial charge in [-0.3, -0.25) is 4.79 Å². The highest BCUT2D eigenvalue weighted by Crippen LogP contribution is 2.19. The van der Waals surface area contributed by atoms with Gasteiger partial charge in [-0.15, -0.1) is 0 Å². The summed E-state index contributed by atoms with van der Waals surface area (Å²) in [6.45, 7) is 5.97. The maximum Gasteiger partial charge on any atom is 0.323 e. The van der Waals surface area contributed by atoms with Crippen LogP contribution in [-0.4, -0.2) is 29.4 Å². The summed E-state index contributed by atoms with van der Waals surface area (Å²) < 4.78 is 0. The smallest absolute Gasteiger partial charge is 0.323 e. The van der Waals surface area contributed by atoms with Crippen molar-refractivity contribution in [3.05, 3.63) is 34.9 Å². The van der Waals surface area contributed by atoms with Crippen LogP contribution in [0.2, 0.25) is 0 Å². The van der Waals surface area contributed by atoms with Crippen LogP contribution in [0, 0.1) is 13.8 Å². The zero-order chi connectivity index (χ0) is 15.2. The Morgan fingerprint density at radius 1 is 1.30 bits per heavy atom. The standard InChI is InChI=1S/C16H25NO2S/c1-12-8-13(2)10-14(9-12)11-20-7-5-6-16(3,17-4)15(18)19/h8-10,17H,5-7,11H2,1-4H3,(H,18,19). The molecule has 20 heavy (non-hydrogen) atoms. The molecule has 0 aliphatic rings. The van der Waals surface area contributed by atoms with Gasteiger partial charge in [-0.25, -0.2) is 0 Å². The molecule has 0 radical (unpaired) electrons. The van der Waals surface area contributed by atoms with Crippen molar-refractivity contribution >= 4 is 17.7 Å². The van der Waals surface area contributed by atoms with Gasteiger partial charge >= 0.3 is 5.97 Å². The minimum atomic E-state index is -0.805. The predicted molar refractivity (Wildman–Crippen MR) is 86.4 cm³/mol. The first-order chi connectivity index (χ1) is 9.37. The Balaban J connectivity index is 2.33. The summed E-state index contributed by atoms with van der Waals surface area (Å²) in [6.07, 6.45) is 1.55. The molecule has 2 N–H and O–H groups in total. The van der Waals surface area contributed by atoms with E-state index in [4.69, 9.17) is 5.11 Å². The average molecular weight is 295 g/mol. The minimum absolute atomic E-state index is 0.651. The fourth-order valence-corrected chi connectivity index (χ4v) is 3.10. The van der Waals surface area contributed by atoms with Crippen molar-refractivity contribution in [1.29, 1.82) is 0 Å². The van der Waals surface area contributed by atoms with Crippen LogP contribution in [0.15, 0.2) is 18.2 Å². The van der Waals surface area contributed by atoms with Crippen molar-refractivity contribution in [2.45, 2.75) is 44.9 Å². The first-order valence-corrected chi connectivity index (χ1v) is 8.10. The second kappa shape index (κ2) is 7.70. The van der Waals surface area contributed by atoms with E-state index in [9.17, 15) is 4.79 Å². The summed E-state index contributed by atoms with van der Waals surface area (Å²) in [5, 5.41) is 12.1. The zero-order valence-corrected chi connectivity index (χ0v) is 13.6. The van der Waals surface area contributed by atoms with E-state index in [1.165, 1.54) is 16.7 Å². The van der Waals surface area contributed by atoms with E-state index in [2.05, 4.69) is 37.4 Å². The molecule has 112 valence electrons. The van der Waals surface area contributed by atoms with Crippen LogP contribution in [0.5, 0.6) is 0 Å². The van der Waals surface area contributed by atoms with Gasteiger partial charge in [0.15, 0.2) is 0 Å². The number of nitrogens with one attached hydrogen (secondary N) is 1. The van der Waals surface area contributed by atoms with Gasteiger partial charge in [0.05, 0.1) is 0 Å². The van der Waals surface area contributed by atoms with Gasteiger partial charge in [0.25, 0.3) is 0 Å². The van der Waals surface area contributed by atoms with Crippen LogP contribution in [-0.2, 0) is 10.5 Å². The number of carbonyl (C=O) groups is 1. The van der Waals surface area contributed by atoms with E-state index in [0.29, 0.717) is 6.42 Å². The Bertz CT molecular complexity index is 442. The molecule has 0 amide bonds. The lowest BCUT2D eigenvalue weighted by Gasteiger charge is -2.23. The van der Waals surface area contributed by atoms with E-state index < -0.39 is 11.5 Å². The van der Waals surface area contributed by atoms with Crippen LogP contribution in [0.4, 0.5) is 0 Å². The third kappa shape index (κ3) is 5.17. The van der Waals surface area contributed by atoms with Gasteiger partial charge in [0.2, 0.25) is 0 Å². The van der Waals surface area contributed by atoms with E-state index in [1.54, 1.807) is 14.0 Å². The molecule has 1 unspecified atom stereocenters. The summed E-state index contributed by atoms with van der Waals surface area (Å²) in [7, 11) is 1.71. The molecular formula is C16H25NO2S. The van der Waals surface area contributed by atoms with Crippen molar-refractivity contribution in [1.82, 2.24) is 5.32 Å². The molecule has 0 fully saturated rings. The zero-order valence-electron chi connectivity index (χ0n) is 12.8. The first-order valence-electron chi connectivity index (χ1n) is 6.94. The Labute approximate surface area is 126 Å². The topological polar surface area (TPSA) is 49.3 Å². The molecule has 0 aliphatic carbocycles. The van der Waals surface area contributed by atoms with Crippen molar-refractivity contribution in [3.8, 4) is 0 Å². The van der Waals surface area contributed by atoms with Crippen LogP contribution in [0.1, 0.15) is 36.5 Å². The summed E-state index contributed by atoms with van der Waals surface area (Å²) in [5.41, 5.74) is 3.14. The lowest BCUT2D eigenvalue weighted by atomic mass is 9.97. The monoisotopic (exact) mass is 295 g/mol. The maximum absolute atomic E-state index is 11.1. The Morgan fingerprint density at radius 3 is 2.40 bits per heavy atom. The number of likely N-dealkylation sites (N-methyl/N-ethyl adjacent to an activating group) is 1. The molecule has 0 bridgehead atoms. The quantitative estimate of drug-likeness (QED) is 0.722. The molecule has 1 aromatic carbocycles. The third-order valence-corrected chi connectivity index (χ3v) is 4.65. The SMILES string of the molecule is CNC(C)(CCCSCc1cc(C)cc(C)c1)C(=O)O. The Hall–Kier alpha value is -1.00. The van der Waals surface area contributed by atoms with Gasteiger partial charge < -0.3 is 10.4 Å². The van der Waals surface area contributed by atoms with Crippen molar-refractivity contribution in [2.75, 3.05) is 12.8 Å². The second-order valence-corrected chi connectivity index (χ2v) is 6.64. The van der Waals surface area contributed by atoms with Gasteiger partial charge in [0.1, 0.15) is 5.54 Å². The third-order valence-electron chi connectivity index (χ3n) is 3.54. The van der Waals surface area contributed by atoms with Gasteiger partial charge in [-0.2, -0.15) is 11.8 Å². The number of aryl methyl sites for hydroxylation is 2. The number of aliphatic carboxylic acids is 1. The van der Waals surface area contributed by atoms with Gasteiger partial charge in [0, 0.05) is 5.75 Å². The highest BCUT2D eigenvalue weighted by molar-refractivity contribution is 7.98. The molecule has 0 saturated heterocycles. The van der Waals surface area contributed by atoms with E-state index in [0.717, 1.165) is 17.9 Å². The molecule has 1 atom stereocenters. The fraction of sp³-hybridized carbons (Fsp3) is 0.562. The second-order valence-electron chi connectivity index (χ2n) is 5.54. The minimum Gasteiger partial charge on any atom is -0.480 e. The molecular weight excluding hydrogens is 270 g/mol. The summed E-state index contributed by atoms with van der Waals surface area (Å²) in [4.78, 5) is 11.1. The number of hydrogen-bond acceptors (Lipinski definition) is 3. The van der Waals surface area contributed by atoms with Crippen LogP contribution in [0.25, 0.3) is 0 Å². The van der Waals surface area contributed by atoms with E-state index in [1.807, 2.05) is 11.8 Å². The molecule has 0 heterocycles. The largest absolute Gasteiger partial charge is 0.480 e. The van der Waals surface area contributed by atoms with E-state index >= 15 is 0 Å². The van der Waals surface area contributed by atoms with Gasteiger partial charge in [-0.05, 0) is 52.0 Å². The molecule has 0 saturated carbocycles. The average Bonchev–Trinajstić information content (AvgIpc) is 2.36. The first kappa shape index (κ1) is 17.1. The normalized spacial score (nSPS) is 14.0. The molecule has 1 rings (SSSR count). The molecule has 4 heteroatoms. The Morgan fingerprint density at radius 2 is 1.90 bits per heavy atom. The summed E-state index contributed by atoms with van der Waals surface area (Å²) >= 11 is 1.87. The molecule has 0 spiro atoms. The van der Waals surface area contributed by atoms with Crippen molar-refractivity contribution in [2.24, 2.45) is 0 Å². The summed E-state index contributed by atoms with van der Waals surface area (Å²) in [5.74, 6) is 1.20. The molecule has 3 nitrogen and oxygen atoms in total. The lowest BCUT2D eigenvalue weighted by Crippen LogP contribution is -2.47. The number of carboxylic acid groups (broad SMARTS) is 1. The number of carboxylic acids is 1. The Kier molecular flexibility index (Phi) is 6.56. The van der Waals surface area contributed by atoms with Crippen LogP contribution in [0.3, 0.4) is 0 Å². The van der Waals surface area contributed by atoms with Crippen LogP contribution < -0.4 is 5.32 Å². The lowest BCUT2D eigenvalue weighted by molar-refractivity contribution is -0.144. The predicted octanol–water partition coefficient (Wildman–Crippen LogP) is 3.38. The van der Waals surface area contributed by atoms with Crippen molar-refractivity contribution < 1.29 is 9.90 Å². The fourth-order valence-electron chi connectivity index (χ4n) is 2.21. The molecule has 0 aromatic heterocycles. The van der Waals surface area contributed by atoms with Gasteiger partial charge in [-0.1, -0.05) is 29.3 Å². The van der Waals surface area contributed by atoms with E-state index in [-0.39, 0.29) is 0 Å². The van der Waals surface area contributed by atoms with Crippen molar-refractivity contribution in [3.63, 3.8) is 0 Å². The number of rotatable bonds is 8. The maximum atomic E-state index is 11.1. The summed E-state index contributed by atoms with van der Waals surface area (Å²) in [6, 6.07) is 6.61. The highest BCUT2D eigenvalue weighted by Gasteiger charge is 2.29. The molecule has 1 aromatic rings. The highest BCUT2D eigenvalue weighted by atomic mass is 32.2.